The fourth-order valence-corrected chi connectivity index (χ4v) is 2.26. The van der Waals surface area contributed by atoms with Crippen molar-refractivity contribution in [1.29, 1.82) is 0 Å². The van der Waals surface area contributed by atoms with Crippen LogP contribution in [-0.4, -0.2) is 21.8 Å². The highest BCUT2D eigenvalue weighted by Gasteiger charge is 2.00. The minimum atomic E-state index is 0.346. The van der Waals surface area contributed by atoms with Crippen LogP contribution < -0.4 is 5.32 Å². The highest BCUT2D eigenvalue weighted by molar-refractivity contribution is 5.78. The summed E-state index contributed by atoms with van der Waals surface area (Å²) in [6.07, 6.45) is 2.78. The van der Waals surface area contributed by atoms with Gasteiger partial charge in [0.1, 0.15) is 5.75 Å². The van der Waals surface area contributed by atoms with E-state index in [1.807, 2.05) is 24.4 Å². The van der Waals surface area contributed by atoms with Crippen LogP contribution in [0.15, 0.2) is 48.7 Å². The maximum atomic E-state index is 9.67. The number of para-hydroxylation sites is 1. The molecule has 0 aliphatic carbocycles. The van der Waals surface area contributed by atoms with Crippen LogP contribution in [0.4, 0.5) is 0 Å². The number of H-pyrrole nitrogens is 1. The van der Waals surface area contributed by atoms with Gasteiger partial charge in [-0.25, -0.2) is 0 Å². The van der Waals surface area contributed by atoms with E-state index in [0.29, 0.717) is 12.3 Å². The number of rotatable bonds is 5. The molecule has 0 atom stereocenters. The van der Waals surface area contributed by atoms with Crippen molar-refractivity contribution in [2.24, 2.45) is 0 Å². The first kappa shape index (κ1) is 12.7. The first-order valence-corrected chi connectivity index (χ1v) is 6.72. The van der Waals surface area contributed by atoms with E-state index in [-0.39, 0.29) is 0 Å². The molecule has 0 radical (unpaired) electrons. The molecule has 0 saturated carbocycles. The summed E-state index contributed by atoms with van der Waals surface area (Å²) in [4.78, 5) is 0. The molecule has 20 heavy (non-hydrogen) atoms. The third-order valence-corrected chi connectivity index (χ3v) is 3.40. The summed E-state index contributed by atoms with van der Waals surface area (Å²) in [5.41, 5.74) is 3.27. The van der Waals surface area contributed by atoms with E-state index < -0.39 is 0 Å². The van der Waals surface area contributed by atoms with Crippen LogP contribution in [0.5, 0.6) is 5.75 Å². The van der Waals surface area contributed by atoms with Crippen molar-refractivity contribution >= 4 is 10.9 Å². The molecule has 3 rings (SSSR count). The average molecular weight is 267 g/mol. The molecule has 4 nitrogen and oxygen atoms in total. The normalized spacial score (nSPS) is 11.0. The zero-order valence-corrected chi connectivity index (χ0v) is 11.1. The van der Waals surface area contributed by atoms with Gasteiger partial charge >= 0.3 is 0 Å². The number of aromatic amines is 1. The van der Waals surface area contributed by atoms with E-state index in [0.717, 1.165) is 29.4 Å². The monoisotopic (exact) mass is 267 g/mol. The number of nitrogens with one attached hydrogen (secondary N) is 2. The van der Waals surface area contributed by atoms with Crippen molar-refractivity contribution in [3.63, 3.8) is 0 Å². The number of phenols is 1. The summed E-state index contributed by atoms with van der Waals surface area (Å²) in [5, 5.41) is 21.2. The average Bonchev–Trinajstić information content (AvgIpc) is 2.93. The van der Waals surface area contributed by atoms with Gasteiger partial charge in [0.25, 0.3) is 0 Å². The number of fused-ring (bicyclic) bond motifs is 1. The number of phenolic OH excluding ortho intramolecular Hbond substituents is 1. The van der Waals surface area contributed by atoms with E-state index in [9.17, 15) is 5.11 Å². The lowest BCUT2D eigenvalue weighted by atomic mass is 10.1. The first-order chi connectivity index (χ1) is 9.83. The maximum absolute atomic E-state index is 9.67. The number of hydrogen-bond donors (Lipinski definition) is 3. The van der Waals surface area contributed by atoms with Crippen LogP contribution in [0.3, 0.4) is 0 Å². The van der Waals surface area contributed by atoms with Crippen molar-refractivity contribution in [2.45, 2.75) is 13.0 Å². The molecule has 0 aliphatic heterocycles. The molecule has 0 bridgehead atoms. The quantitative estimate of drug-likeness (QED) is 0.623. The molecule has 4 heteroatoms. The summed E-state index contributed by atoms with van der Waals surface area (Å²) in [5.74, 6) is 0.346. The molecule has 0 spiro atoms. The summed E-state index contributed by atoms with van der Waals surface area (Å²) in [6, 6.07) is 13.7. The van der Waals surface area contributed by atoms with E-state index in [4.69, 9.17) is 0 Å². The van der Waals surface area contributed by atoms with Gasteiger partial charge in [-0.3, -0.25) is 5.10 Å². The van der Waals surface area contributed by atoms with Gasteiger partial charge < -0.3 is 10.4 Å². The van der Waals surface area contributed by atoms with E-state index in [1.54, 1.807) is 6.07 Å². The van der Waals surface area contributed by atoms with Crippen LogP contribution in [-0.2, 0) is 13.0 Å². The van der Waals surface area contributed by atoms with Crippen molar-refractivity contribution < 1.29 is 5.11 Å². The third kappa shape index (κ3) is 2.81. The van der Waals surface area contributed by atoms with Gasteiger partial charge in [0.2, 0.25) is 0 Å². The molecule has 3 N–H and O–H groups in total. The Balaban J connectivity index is 1.53. The Morgan fingerprint density at radius 1 is 1.15 bits per heavy atom. The van der Waals surface area contributed by atoms with Gasteiger partial charge in [0.15, 0.2) is 0 Å². The molecular formula is C16H17N3O. The lowest BCUT2D eigenvalue weighted by Crippen LogP contribution is -2.16. The predicted octanol–water partition coefficient (Wildman–Crippen LogP) is 2.60. The van der Waals surface area contributed by atoms with E-state index >= 15 is 0 Å². The molecule has 3 aromatic rings. The zero-order chi connectivity index (χ0) is 13.8. The summed E-state index contributed by atoms with van der Waals surface area (Å²) in [6.45, 7) is 1.55. The van der Waals surface area contributed by atoms with Crippen molar-refractivity contribution in [1.82, 2.24) is 15.5 Å². The van der Waals surface area contributed by atoms with Gasteiger partial charge in [0.05, 0.1) is 11.7 Å². The minimum absolute atomic E-state index is 0.346. The Kier molecular flexibility index (Phi) is 3.65. The van der Waals surface area contributed by atoms with Gasteiger partial charge in [0, 0.05) is 17.5 Å². The lowest BCUT2D eigenvalue weighted by Gasteiger charge is -2.07. The standard InChI is InChI=1S/C16H17N3O/c20-16-4-2-1-3-14(16)10-17-8-7-12-5-6-13-11-18-19-15(13)9-12/h1-6,9,11,17,20H,7-8,10H2,(H,18,19). The summed E-state index contributed by atoms with van der Waals surface area (Å²) in [7, 11) is 0. The molecule has 0 amide bonds. The molecule has 0 unspecified atom stereocenters. The van der Waals surface area contributed by atoms with Crippen LogP contribution in [0.2, 0.25) is 0 Å². The second kappa shape index (κ2) is 5.75. The maximum Gasteiger partial charge on any atom is 0.120 e. The lowest BCUT2D eigenvalue weighted by molar-refractivity contribution is 0.464. The Morgan fingerprint density at radius 3 is 2.95 bits per heavy atom. The van der Waals surface area contributed by atoms with Gasteiger partial charge in [-0.1, -0.05) is 30.3 Å². The highest BCUT2D eigenvalue weighted by atomic mass is 16.3. The molecule has 0 saturated heterocycles. The molecule has 0 aliphatic rings. The Bertz CT molecular complexity index is 706. The number of aromatic nitrogens is 2. The molecule has 2 aromatic carbocycles. The molecule has 1 aromatic heterocycles. The Hall–Kier alpha value is -2.33. The van der Waals surface area contributed by atoms with E-state index in [1.165, 1.54) is 5.56 Å². The molecule has 0 fully saturated rings. The second-order valence-electron chi connectivity index (χ2n) is 4.85. The number of nitrogens with zero attached hydrogens (tertiary/aromatic N) is 1. The Labute approximate surface area is 117 Å². The minimum Gasteiger partial charge on any atom is -0.508 e. The number of hydrogen-bond acceptors (Lipinski definition) is 3. The van der Waals surface area contributed by atoms with Crippen LogP contribution in [0.25, 0.3) is 10.9 Å². The topological polar surface area (TPSA) is 60.9 Å². The van der Waals surface area contributed by atoms with Gasteiger partial charge in [-0.15, -0.1) is 0 Å². The summed E-state index contributed by atoms with van der Waals surface area (Å²) >= 11 is 0. The van der Waals surface area contributed by atoms with Crippen molar-refractivity contribution in [2.75, 3.05) is 6.54 Å². The fourth-order valence-electron chi connectivity index (χ4n) is 2.26. The number of aromatic hydroxyl groups is 1. The Morgan fingerprint density at radius 2 is 2.05 bits per heavy atom. The number of benzene rings is 2. The fraction of sp³-hybridized carbons (Fsp3) is 0.188. The van der Waals surface area contributed by atoms with Crippen LogP contribution in [0, 0.1) is 0 Å². The molecule has 1 heterocycles. The van der Waals surface area contributed by atoms with Crippen LogP contribution in [0.1, 0.15) is 11.1 Å². The third-order valence-electron chi connectivity index (χ3n) is 3.40. The zero-order valence-electron chi connectivity index (χ0n) is 11.1. The van der Waals surface area contributed by atoms with Crippen LogP contribution >= 0.6 is 0 Å². The smallest absolute Gasteiger partial charge is 0.120 e. The SMILES string of the molecule is Oc1ccccc1CNCCc1ccc2cn[nH]c2c1. The largest absolute Gasteiger partial charge is 0.508 e. The highest BCUT2D eigenvalue weighted by Crippen LogP contribution is 2.15. The first-order valence-electron chi connectivity index (χ1n) is 6.72. The van der Waals surface area contributed by atoms with Crippen molar-refractivity contribution in [3.05, 3.63) is 59.8 Å². The van der Waals surface area contributed by atoms with Gasteiger partial charge in [-0.05, 0) is 30.7 Å². The van der Waals surface area contributed by atoms with Gasteiger partial charge in [-0.2, -0.15) is 5.10 Å². The summed E-state index contributed by atoms with van der Waals surface area (Å²) < 4.78 is 0. The van der Waals surface area contributed by atoms with E-state index in [2.05, 4.69) is 33.7 Å². The predicted molar refractivity (Wildman–Crippen MR) is 79.6 cm³/mol. The molecule has 102 valence electrons. The second-order valence-corrected chi connectivity index (χ2v) is 4.85. The molecular weight excluding hydrogens is 250 g/mol. The van der Waals surface area contributed by atoms with Crippen molar-refractivity contribution in [3.8, 4) is 5.75 Å².